The molecule has 1 heterocycles. The van der Waals surface area contributed by atoms with Crippen LogP contribution in [0.1, 0.15) is 13.3 Å². The van der Waals surface area contributed by atoms with Crippen molar-refractivity contribution in [1.82, 2.24) is 9.78 Å². The standard InChI is InChI=1S/C12H13FN2/c1-2-7-15-9-11(8-14-15)10-3-5-12(13)6-4-10/h3-6,8-9H,2,7H2,1H3. The molecule has 0 saturated carbocycles. The van der Waals surface area contributed by atoms with Crippen molar-refractivity contribution in [3.63, 3.8) is 0 Å². The maximum absolute atomic E-state index is 12.7. The van der Waals surface area contributed by atoms with Gasteiger partial charge in [0.1, 0.15) is 5.82 Å². The third-order valence-electron chi connectivity index (χ3n) is 2.26. The molecule has 0 amide bonds. The molecule has 1 aromatic carbocycles. The van der Waals surface area contributed by atoms with E-state index in [2.05, 4.69) is 12.0 Å². The monoisotopic (exact) mass is 204 g/mol. The van der Waals surface area contributed by atoms with Gasteiger partial charge in [0.2, 0.25) is 0 Å². The van der Waals surface area contributed by atoms with E-state index in [9.17, 15) is 4.39 Å². The summed E-state index contributed by atoms with van der Waals surface area (Å²) in [4.78, 5) is 0. The number of hydrogen-bond donors (Lipinski definition) is 0. The molecule has 78 valence electrons. The number of benzene rings is 1. The second kappa shape index (κ2) is 4.26. The third kappa shape index (κ3) is 2.24. The van der Waals surface area contributed by atoms with Gasteiger partial charge >= 0.3 is 0 Å². The summed E-state index contributed by atoms with van der Waals surface area (Å²) in [6, 6.07) is 6.46. The van der Waals surface area contributed by atoms with Gasteiger partial charge in [-0.1, -0.05) is 19.1 Å². The van der Waals surface area contributed by atoms with E-state index >= 15 is 0 Å². The Bertz CT molecular complexity index is 431. The van der Waals surface area contributed by atoms with Crippen LogP contribution in [-0.2, 0) is 6.54 Å². The summed E-state index contributed by atoms with van der Waals surface area (Å²) < 4.78 is 14.6. The summed E-state index contributed by atoms with van der Waals surface area (Å²) in [5.74, 6) is -0.209. The van der Waals surface area contributed by atoms with Crippen LogP contribution in [0.2, 0.25) is 0 Å². The molecule has 0 saturated heterocycles. The normalized spacial score (nSPS) is 10.5. The first kappa shape index (κ1) is 9.90. The Morgan fingerprint density at radius 3 is 2.60 bits per heavy atom. The smallest absolute Gasteiger partial charge is 0.123 e. The molecule has 15 heavy (non-hydrogen) atoms. The van der Waals surface area contributed by atoms with Gasteiger partial charge < -0.3 is 0 Å². The van der Waals surface area contributed by atoms with Gasteiger partial charge in [-0.05, 0) is 24.1 Å². The van der Waals surface area contributed by atoms with E-state index in [1.807, 2.05) is 17.1 Å². The predicted octanol–water partition coefficient (Wildman–Crippen LogP) is 3.10. The zero-order valence-corrected chi connectivity index (χ0v) is 8.65. The zero-order chi connectivity index (χ0) is 10.7. The van der Waals surface area contributed by atoms with Gasteiger partial charge in [-0.2, -0.15) is 5.10 Å². The van der Waals surface area contributed by atoms with Crippen molar-refractivity contribution in [2.75, 3.05) is 0 Å². The number of aryl methyl sites for hydroxylation is 1. The minimum atomic E-state index is -0.209. The first-order valence-electron chi connectivity index (χ1n) is 5.08. The van der Waals surface area contributed by atoms with Crippen LogP contribution in [-0.4, -0.2) is 9.78 Å². The van der Waals surface area contributed by atoms with Gasteiger partial charge in [0.05, 0.1) is 6.20 Å². The Balaban J connectivity index is 2.25. The molecule has 0 fully saturated rings. The summed E-state index contributed by atoms with van der Waals surface area (Å²) in [6.07, 6.45) is 4.85. The Morgan fingerprint density at radius 2 is 1.93 bits per heavy atom. The Labute approximate surface area is 88.4 Å². The van der Waals surface area contributed by atoms with Crippen LogP contribution in [0.5, 0.6) is 0 Å². The van der Waals surface area contributed by atoms with Crippen LogP contribution in [0.3, 0.4) is 0 Å². The summed E-state index contributed by atoms with van der Waals surface area (Å²) in [6.45, 7) is 3.03. The van der Waals surface area contributed by atoms with Gasteiger partial charge in [-0.15, -0.1) is 0 Å². The van der Waals surface area contributed by atoms with Gasteiger partial charge in [0, 0.05) is 18.3 Å². The molecular weight excluding hydrogens is 191 g/mol. The molecule has 0 bridgehead atoms. The fourth-order valence-electron chi connectivity index (χ4n) is 1.51. The highest BCUT2D eigenvalue weighted by atomic mass is 19.1. The van der Waals surface area contributed by atoms with Crippen LogP contribution in [0.4, 0.5) is 4.39 Å². The van der Waals surface area contributed by atoms with E-state index < -0.39 is 0 Å². The highest BCUT2D eigenvalue weighted by molar-refractivity contribution is 5.61. The van der Waals surface area contributed by atoms with Crippen molar-refractivity contribution < 1.29 is 4.39 Å². The van der Waals surface area contributed by atoms with Crippen LogP contribution in [0.15, 0.2) is 36.7 Å². The average Bonchev–Trinajstić information content (AvgIpc) is 2.68. The van der Waals surface area contributed by atoms with Crippen LogP contribution in [0.25, 0.3) is 11.1 Å². The number of hydrogen-bond acceptors (Lipinski definition) is 1. The molecule has 2 aromatic rings. The van der Waals surface area contributed by atoms with E-state index in [4.69, 9.17) is 0 Å². The van der Waals surface area contributed by atoms with Crippen molar-refractivity contribution >= 4 is 0 Å². The van der Waals surface area contributed by atoms with E-state index in [0.717, 1.165) is 24.1 Å². The molecule has 0 spiro atoms. The highest BCUT2D eigenvalue weighted by Crippen LogP contribution is 2.18. The number of nitrogens with zero attached hydrogens (tertiary/aromatic N) is 2. The van der Waals surface area contributed by atoms with E-state index in [0.29, 0.717) is 0 Å². The molecule has 0 aliphatic carbocycles. The highest BCUT2D eigenvalue weighted by Gasteiger charge is 2.01. The van der Waals surface area contributed by atoms with Crippen molar-refractivity contribution in [3.05, 3.63) is 42.5 Å². The number of aromatic nitrogens is 2. The van der Waals surface area contributed by atoms with Crippen LogP contribution < -0.4 is 0 Å². The maximum atomic E-state index is 12.7. The Morgan fingerprint density at radius 1 is 1.20 bits per heavy atom. The van der Waals surface area contributed by atoms with Crippen molar-refractivity contribution in [3.8, 4) is 11.1 Å². The molecule has 0 aliphatic rings. The van der Waals surface area contributed by atoms with Crippen LogP contribution in [0, 0.1) is 5.82 Å². The van der Waals surface area contributed by atoms with E-state index in [1.54, 1.807) is 12.1 Å². The minimum absolute atomic E-state index is 0.209. The van der Waals surface area contributed by atoms with Crippen molar-refractivity contribution in [1.29, 1.82) is 0 Å². The third-order valence-corrected chi connectivity index (χ3v) is 2.26. The molecule has 3 heteroatoms. The second-order valence-corrected chi connectivity index (χ2v) is 3.50. The summed E-state index contributed by atoms with van der Waals surface area (Å²) in [7, 11) is 0. The molecular formula is C12H13FN2. The summed E-state index contributed by atoms with van der Waals surface area (Å²) >= 11 is 0. The van der Waals surface area contributed by atoms with Crippen molar-refractivity contribution in [2.45, 2.75) is 19.9 Å². The van der Waals surface area contributed by atoms with Gasteiger partial charge in [-0.3, -0.25) is 4.68 Å². The number of rotatable bonds is 3. The Kier molecular flexibility index (Phi) is 2.81. The Hall–Kier alpha value is -1.64. The SMILES string of the molecule is CCCn1cc(-c2ccc(F)cc2)cn1. The summed E-state index contributed by atoms with van der Waals surface area (Å²) in [5, 5.41) is 4.23. The topological polar surface area (TPSA) is 17.8 Å². The maximum Gasteiger partial charge on any atom is 0.123 e. The minimum Gasteiger partial charge on any atom is -0.272 e. The van der Waals surface area contributed by atoms with Gasteiger partial charge in [0.15, 0.2) is 0 Å². The quantitative estimate of drug-likeness (QED) is 0.751. The lowest BCUT2D eigenvalue weighted by atomic mass is 10.1. The van der Waals surface area contributed by atoms with Gasteiger partial charge in [-0.25, -0.2) is 4.39 Å². The molecule has 0 radical (unpaired) electrons. The predicted molar refractivity (Wildman–Crippen MR) is 57.9 cm³/mol. The van der Waals surface area contributed by atoms with Gasteiger partial charge in [0.25, 0.3) is 0 Å². The lowest BCUT2D eigenvalue weighted by molar-refractivity contribution is 0.603. The van der Waals surface area contributed by atoms with E-state index in [1.165, 1.54) is 12.1 Å². The largest absolute Gasteiger partial charge is 0.272 e. The lowest BCUT2D eigenvalue weighted by Gasteiger charge is -1.97. The first-order chi connectivity index (χ1) is 7.29. The lowest BCUT2D eigenvalue weighted by Crippen LogP contribution is -1.95. The molecule has 0 aliphatic heterocycles. The molecule has 0 N–H and O–H groups in total. The molecule has 0 unspecified atom stereocenters. The molecule has 0 atom stereocenters. The summed E-state index contributed by atoms with van der Waals surface area (Å²) in [5.41, 5.74) is 2.03. The zero-order valence-electron chi connectivity index (χ0n) is 8.65. The average molecular weight is 204 g/mol. The first-order valence-corrected chi connectivity index (χ1v) is 5.08. The van der Waals surface area contributed by atoms with Crippen molar-refractivity contribution in [2.24, 2.45) is 0 Å². The fraction of sp³-hybridized carbons (Fsp3) is 0.250. The molecule has 2 rings (SSSR count). The molecule has 2 nitrogen and oxygen atoms in total. The van der Waals surface area contributed by atoms with Crippen LogP contribution >= 0.6 is 0 Å². The molecule has 1 aromatic heterocycles. The fourth-order valence-corrected chi connectivity index (χ4v) is 1.51. The van der Waals surface area contributed by atoms with E-state index in [-0.39, 0.29) is 5.82 Å². The number of halogens is 1. The second-order valence-electron chi connectivity index (χ2n) is 3.50.